The number of amides is 1. The molecule has 1 fully saturated rings. The summed E-state index contributed by atoms with van der Waals surface area (Å²) in [6, 6.07) is 16.0. The maximum atomic E-state index is 12.7. The van der Waals surface area contributed by atoms with Crippen molar-refractivity contribution in [3.05, 3.63) is 59.2 Å². The van der Waals surface area contributed by atoms with Gasteiger partial charge in [-0.05, 0) is 43.2 Å². The van der Waals surface area contributed by atoms with E-state index in [-0.39, 0.29) is 11.7 Å². The molecule has 0 atom stereocenters. The third-order valence-corrected chi connectivity index (χ3v) is 6.35. The number of hydrogen-bond acceptors (Lipinski definition) is 6. The number of hydrogen-bond donors (Lipinski definition) is 1. The van der Waals surface area contributed by atoms with E-state index >= 15 is 0 Å². The van der Waals surface area contributed by atoms with Gasteiger partial charge in [-0.2, -0.15) is 5.26 Å². The Bertz CT molecular complexity index is 1170. The molecule has 31 heavy (non-hydrogen) atoms. The van der Waals surface area contributed by atoms with Gasteiger partial charge in [0.2, 0.25) is 5.91 Å². The first-order valence-corrected chi connectivity index (χ1v) is 11.2. The summed E-state index contributed by atoms with van der Waals surface area (Å²) in [6.07, 6.45) is 0. The highest BCUT2D eigenvalue weighted by molar-refractivity contribution is 8.00. The molecule has 1 aliphatic rings. The first-order chi connectivity index (χ1) is 15.1. The molecule has 2 heterocycles. The molecule has 0 radical (unpaired) electrons. The Hall–Kier alpha value is -3.08. The lowest BCUT2D eigenvalue weighted by atomic mass is 10.0. The van der Waals surface area contributed by atoms with Crippen molar-refractivity contribution in [2.24, 2.45) is 0 Å². The van der Waals surface area contributed by atoms with E-state index in [0.717, 1.165) is 46.5 Å². The van der Waals surface area contributed by atoms with Gasteiger partial charge in [0.15, 0.2) is 0 Å². The smallest absolute Gasteiger partial charge is 0.234 e. The van der Waals surface area contributed by atoms with Crippen LogP contribution in [0.4, 0.5) is 11.4 Å². The molecule has 0 spiro atoms. The van der Waals surface area contributed by atoms with Gasteiger partial charge in [-0.1, -0.05) is 36.0 Å². The van der Waals surface area contributed by atoms with Crippen LogP contribution in [-0.4, -0.2) is 42.9 Å². The Morgan fingerprint density at radius 2 is 1.94 bits per heavy atom. The summed E-state index contributed by atoms with van der Waals surface area (Å²) in [5, 5.41) is 14.2. The Morgan fingerprint density at radius 1 is 1.19 bits per heavy atom. The average Bonchev–Trinajstić information content (AvgIpc) is 2.80. The van der Waals surface area contributed by atoms with E-state index in [1.54, 1.807) is 0 Å². The zero-order valence-corrected chi connectivity index (χ0v) is 18.5. The number of thioether (sulfide) groups is 1. The fourth-order valence-corrected chi connectivity index (χ4v) is 4.44. The molecule has 6 nitrogen and oxygen atoms in total. The van der Waals surface area contributed by atoms with Gasteiger partial charge >= 0.3 is 0 Å². The second-order valence-corrected chi connectivity index (χ2v) is 8.47. The number of nitriles is 1. The molecule has 0 saturated carbocycles. The van der Waals surface area contributed by atoms with Crippen molar-refractivity contribution < 1.29 is 9.53 Å². The Labute approximate surface area is 186 Å². The number of carbonyl (C=O) groups is 1. The molecule has 2 aromatic carbocycles. The van der Waals surface area contributed by atoms with Crippen LogP contribution in [0.25, 0.3) is 10.9 Å². The molecule has 1 amide bonds. The molecular formula is C24H24N4O2S. The van der Waals surface area contributed by atoms with Crippen LogP contribution >= 0.6 is 11.8 Å². The predicted octanol–water partition coefficient (Wildman–Crippen LogP) is 4.29. The number of morpholine rings is 1. The minimum absolute atomic E-state index is 0.127. The van der Waals surface area contributed by atoms with E-state index in [1.807, 2.05) is 56.3 Å². The number of ether oxygens (including phenoxy) is 1. The van der Waals surface area contributed by atoms with Crippen molar-refractivity contribution in [3.8, 4) is 6.07 Å². The van der Waals surface area contributed by atoms with Gasteiger partial charge in [0.05, 0.1) is 41.4 Å². The fourth-order valence-electron chi connectivity index (χ4n) is 3.69. The lowest BCUT2D eigenvalue weighted by Gasteiger charge is -2.30. The summed E-state index contributed by atoms with van der Waals surface area (Å²) in [5.41, 5.74) is 5.28. The molecule has 158 valence electrons. The topological polar surface area (TPSA) is 78.2 Å². The quantitative estimate of drug-likeness (QED) is 0.606. The number of nitrogens with one attached hydrogen (secondary N) is 1. The summed E-state index contributed by atoms with van der Waals surface area (Å²) < 4.78 is 5.43. The maximum absolute atomic E-state index is 12.7. The van der Waals surface area contributed by atoms with Crippen LogP contribution in [0.5, 0.6) is 0 Å². The third kappa shape index (κ3) is 4.66. The highest BCUT2D eigenvalue weighted by Gasteiger charge is 2.17. The SMILES string of the molecule is Cc1ccc(C)c2nc(SCC(=O)Nc3ccccc3N3CCOCC3)c(C#N)cc12. The molecule has 1 saturated heterocycles. The van der Waals surface area contributed by atoms with Crippen LogP contribution in [0.15, 0.2) is 47.5 Å². The Balaban J connectivity index is 1.50. The number of carbonyl (C=O) groups excluding carboxylic acids is 1. The summed E-state index contributed by atoms with van der Waals surface area (Å²) >= 11 is 1.29. The number of aromatic nitrogens is 1. The van der Waals surface area contributed by atoms with Gasteiger partial charge < -0.3 is 15.0 Å². The predicted molar refractivity (Wildman–Crippen MR) is 125 cm³/mol. The van der Waals surface area contributed by atoms with Gasteiger partial charge in [0, 0.05) is 18.5 Å². The van der Waals surface area contributed by atoms with Crippen molar-refractivity contribution in [1.29, 1.82) is 5.26 Å². The maximum Gasteiger partial charge on any atom is 0.234 e. The largest absolute Gasteiger partial charge is 0.378 e. The minimum atomic E-state index is -0.127. The van der Waals surface area contributed by atoms with Crippen LogP contribution in [0.3, 0.4) is 0 Å². The number of para-hydroxylation sites is 2. The molecule has 3 aromatic rings. The monoisotopic (exact) mass is 432 g/mol. The first kappa shape index (κ1) is 21.2. The van der Waals surface area contributed by atoms with Crippen LogP contribution in [0, 0.1) is 25.2 Å². The summed E-state index contributed by atoms with van der Waals surface area (Å²) in [6.45, 7) is 6.98. The summed E-state index contributed by atoms with van der Waals surface area (Å²) in [5.74, 6) is 0.0487. The molecule has 0 bridgehead atoms. The van der Waals surface area contributed by atoms with Crippen molar-refractivity contribution in [3.63, 3.8) is 0 Å². The zero-order valence-electron chi connectivity index (χ0n) is 17.6. The number of aryl methyl sites for hydroxylation is 2. The van der Waals surface area contributed by atoms with E-state index in [0.29, 0.717) is 23.8 Å². The molecule has 0 aliphatic carbocycles. The third-order valence-electron chi connectivity index (χ3n) is 5.36. The van der Waals surface area contributed by atoms with Gasteiger partial charge in [0.1, 0.15) is 11.1 Å². The van der Waals surface area contributed by atoms with Crippen LogP contribution in [-0.2, 0) is 9.53 Å². The molecule has 4 rings (SSSR count). The highest BCUT2D eigenvalue weighted by Crippen LogP contribution is 2.29. The number of anilines is 2. The molecule has 0 unspecified atom stereocenters. The zero-order chi connectivity index (χ0) is 21.8. The van der Waals surface area contributed by atoms with Gasteiger partial charge in [-0.3, -0.25) is 4.79 Å². The van der Waals surface area contributed by atoms with E-state index < -0.39 is 0 Å². The van der Waals surface area contributed by atoms with Crippen molar-refractivity contribution >= 4 is 39.9 Å². The number of nitrogens with zero attached hydrogens (tertiary/aromatic N) is 3. The number of benzene rings is 2. The standard InChI is InChI=1S/C24H24N4O2S/c1-16-7-8-17(2)23-19(16)13-18(14-25)24(27-23)31-15-22(29)26-20-5-3-4-6-21(20)28-9-11-30-12-10-28/h3-8,13H,9-12,15H2,1-2H3,(H,26,29). The second-order valence-electron chi connectivity index (χ2n) is 7.50. The molecule has 1 N–H and O–H groups in total. The van der Waals surface area contributed by atoms with Crippen LogP contribution in [0.2, 0.25) is 0 Å². The van der Waals surface area contributed by atoms with Crippen LogP contribution < -0.4 is 10.2 Å². The van der Waals surface area contributed by atoms with E-state index in [9.17, 15) is 10.1 Å². The van der Waals surface area contributed by atoms with Crippen molar-refractivity contribution in [2.45, 2.75) is 18.9 Å². The normalized spacial score (nSPS) is 13.8. The van der Waals surface area contributed by atoms with Crippen LogP contribution in [0.1, 0.15) is 16.7 Å². The van der Waals surface area contributed by atoms with Gasteiger partial charge in [0.25, 0.3) is 0 Å². The number of rotatable bonds is 5. The fraction of sp³-hybridized carbons (Fsp3) is 0.292. The summed E-state index contributed by atoms with van der Waals surface area (Å²) in [7, 11) is 0. The van der Waals surface area contributed by atoms with Crippen molar-refractivity contribution in [1.82, 2.24) is 4.98 Å². The van der Waals surface area contributed by atoms with Gasteiger partial charge in [-0.15, -0.1) is 0 Å². The second kappa shape index (κ2) is 9.38. The number of fused-ring (bicyclic) bond motifs is 1. The van der Waals surface area contributed by atoms with Crippen molar-refractivity contribution in [2.75, 3.05) is 42.3 Å². The summed E-state index contributed by atoms with van der Waals surface area (Å²) in [4.78, 5) is 19.7. The average molecular weight is 433 g/mol. The minimum Gasteiger partial charge on any atom is -0.378 e. The molecular weight excluding hydrogens is 408 g/mol. The van der Waals surface area contributed by atoms with Gasteiger partial charge in [-0.25, -0.2) is 4.98 Å². The molecule has 7 heteroatoms. The first-order valence-electron chi connectivity index (χ1n) is 10.2. The number of pyridine rings is 1. The Morgan fingerprint density at radius 3 is 2.71 bits per heavy atom. The molecule has 1 aliphatic heterocycles. The lowest BCUT2D eigenvalue weighted by Crippen LogP contribution is -2.36. The molecule has 1 aromatic heterocycles. The lowest BCUT2D eigenvalue weighted by molar-refractivity contribution is -0.113. The van der Waals surface area contributed by atoms with E-state index in [1.165, 1.54) is 11.8 Å². The van der Waals surface area contributed by atoms with E-state index in [4.69, 9.17) is 9.72 Å². The Kier molecular flexibility index (Phi) is 6.40. The van der Waals surface area contributed by atoms with E-state index in [2.05, 4.69) is 16.3 Å². The highest BCUT2D eigenvalue weighted by atomic mass is 32.2.